The fourth-order valence-corrected chi connectivity index (χ4v) is 13.2. The Morgan fingerprint density at radius 1 is 1.00 bits per heavy atom. The first-order chi connectivity index (χ1) is 34.5. The lowest BCUT2D eigenvalue weighted by atomic mass is 9.57. The van der Waals surface area contributed by atoms with Gasteiger partial charge in [0.05, 0.1) is 25.2 Å². The number of fused-ring (bicyclic) bond motifs is 6. The second kappa shape index (κ2) is 20.8. The second-order valence-electron chi connectivity index (χ2n) is 21.1. The standard InChI is InChI=1S/C59H70N4O8/c1-35-7-3-8-36(25-35)34-71-53-30-40(29-52(68)57(53)69)39-26-41(33-60-2)55-46-16-15-45(64)27-38(46)12-17-48(55)63-54-32-43(20-23-62-54)59(21-4-9-42(59)31-44-10-5-22-61-44)56(51(67)28-39)49(65)18-13-37-14-19-50(66)58-47(37)11-6-24-70-58/h3,5,8,10,12,14-17,19-20,22,27,29-30,32,35-36,39,41-42,49,56,60-66,68-69H,4,6-7,9,11,13,18,21,23-26,28,31,33-34H2,1-2H3. The van der Waals surface area contributed by atoms with Crippen molar-refractivity contribution < 1.29 is 39.8 Å². The number of aromatic nitrogens is 1. The van der Waals surface area contributed by atoms with Gasteiger partial charge in [-0.05, 0) is 183 Å². The van der Waals surface area contributed by atoms with Crippen LogP contribution < -0.4 is 25.4 Å². The van der Waals surface area contributed by atoms with E-state index >= 15 is 4.79 Å². The number of Topliss-reactive ketones (excluding diaryl/α,β-unsaturated/α-hetero) is 1. The molecule has 374 valence electrons. The Hall–Kier alpha value is -6.37. The Bertz CT molecular complexity index is 2840. The molecule has 4 heterocycles. The summed E-state index contributed by atoms with van der Waals surface area (Å²) >= 11 is 0. The van der Waals surface area contributed by atoms with Gasteiger partial charge in [0.15, 0.2) is 23.0 Å². The third kappa shape index (κ3) is 9.85. The number of dihydropyridines is 1. The first-order valence-corrected chi connectivity index (χ1v) is 26.0. The largest absolute Gasteiger partial charge is 0.508 e. The molecule has 12 heteroatoms. The molecule has 5 aromatic rings. The molecule has 1 saturated carbocycles. The first-order valence-electron chi connectivity index (χ1n) is 26.0. The summed E-state index contributed by atoms with van der Waals surface area (Å²) in [6, 6.07) is 20.7. The molecule has 0 saturated heterocycles. The monoisotopic (exact) mass is 963 g/mol. The van der Waals surface area contributed by atoms with Gasteiger partial charge in [0.1, 0.15) is 17.4 Å². The number of rotatable bonds is 12. The molecular weight excluding hydrogens is 893 g/mol. The van der Waals surface area contributed by atoms with E-state index in [9.17, 15) is 25.5 Å². The minimum absolute atomic E-state index is 0.000215. The molecule has 2 bridgehead atoms. The van der Waals surface area contributed by atoms with Crippen LogP contribution in [-0.2, 0) is 24.1 Å². The topological polar surface area (TPSA) is 189 Å². The highest BCUT2D eigenvalue weighted by Crippen LogP contribution is 2.58. The van der Waals surface area contributed by atoms with Gasteiger partial charge in [-0.1, -0.05) is 49.8 Å². The summed E-state index contributed by atoms with van der Waals surface area (Å²) in [6.07, 6.45) is 17.6. The lowest BCUT2D eigenvalue weighted by Gasteiger charge is -2.46. The van der Waals surface area contributed by atoms with Crippen LogP contribution in [0, 0.1) is 29.1 Å². The molecule has 8 atom stereocenters. The number of carbonyl (C=O) groups is 1. The maximum absolute atomic E-state index is 16.4. The van der Waals surface area contributed by atoms with Gasteiger partial charge in [0.25, 0.3) is 0 Å². The number of H-pyrrole nitrogens is 1. The van der Waals surface area contributed by atoms with Crippen LogP contribution in [0.1, 0.15) is 104 Å². The third-order valence-corrected chi connectivity index (χ3v) is 16.4. The number of aryl methyl sites for hydroxylation is 1. The van der Waals surface area contributed by atoms with E-state index in [-0.39, 0.29) is 58.7 Å². The van der Waals surface area contributed by atoms with Crippen LogP contribution in [0.3, 0.4) is 0 Å². The molecule has 4 aromatic carbocycles. The number of benzene rings is 4. The van der Waals surface area contributed by atoms with E-state index in [0.29, 0.717) is 75.6 Å². The van der Waals surface area contributed by atoms with Crippen molar-refractivity contribution >= 4 is 22.2 Å². The zero-order valence-corrected chi connectivity index (χ0v) is 41.1. The Labute approximate surface area is 416 Å². The van der Waals surface area contributed by atoms with Gasteiger partial charge < -0.3 is 55.9 Å². The number of nitrogens with one attached hydrogen (secondary N) is 4. The van der Waals surface area contributed by atoms with Crippen LogP contribution in [0.2, 0.25) is 0 Å². The number of ketones is 1. The van der Waals surface area contributed by atoms with Crippen molar-refractivity contribution in [2.75, 3.05) is 38.7 Å². The average Bonchev–Trinajstić information content (AvgIpc) is 4.04. The molecule has 9 N–H and O–H groups in total. The van der Waals surface area contributed by atoms with Crippen molar-refractivity contribution in [1.82, 2.24) is 15.6 Å². The number of likely N-dealkylation sites (N-methyl/N-ethyl adjacent to an activating group) is 1. The van der Waals surface area contributed by atoms with Crippen LogP contribution in [0.4, 0.5) is 5.69 Å². The van der Waals surface area contributed by atoms with Crippen molar-refractivity contribution in [2.24, 2.45) is 29.1 Å². The van der Waals surface area contributed by atoms with E-state index in [1.807, 2.05) is 43.6 Å². The zero-order valence-electron chi connectivity index (χ0n) is 41.1. The number of aromatic amines is 1. The molecule has 1 spiro atoms. The third-order valence-electron chi connectivity index (χ3n) is 16.4. The fraction of sp³-hybridized carbons (Fsp3) is 0.441. The molecule has 8 unspecified atom stereocenters. The van der Waals surface area contributed by atoms with Gasteiger partial charge >= 0.3 is 0 Å². The van der Waals surface area contributed by atoms with Crippen molar-refractivity contribution in [1.29, 1.82) is 0 Å². The molecule has 1 aromatic heterocycles. The maximum atomic E-state index is 16.4. The van der Waals surface area contributed by atoms with Gasteiger partial charge in [-0.15, -0.1) is 0 Å². The molecule has 3 aliphatic heterocycles. The van der Waals surface area contributed by atoms with Gasteiger partial charge in [-0.25, -0.2) is 0 Å². The Morgan fingerprint density at radius 3 is 2.72 bits per heavy atom. The zero-order chi connectivity index (χ0) is 49.2. The molecule has 10 rings (SSSR count). The molecule has 71 heavy (non-hydrogen) atoms. The highest BCUT2D eigenvalue weighted by Gasteiger charge is 2.55. The van der Waals surface area contributed by atoms with E-state index in [4.69, 9.17) is 9.47 Å². The van der Waals surface area contributed by atoms with Gasteiger partial charge in [-0.3, -0.25) is 4.79 Å². The Kier molecular flexibility index (Phi) is 14.1. The smallest absolute Gasteiger partial charge is 0.200 e. The van der Waals surface area contributed by atoms with Crippen molar-refractivity contribution in [2.45, 2.75) is 102 Å². The Balaban J connectivity index is 1.13. The summed E-state index contributed by atoms with van der Waals surface area (Å²) in [4.78, 5) is 19.8. The van der Waals surface area contributed by atoms with Gasteiger partial charge in [-0.2, -0.15) is 0 Å². The summed E-state index contributed by atoms with van der Waals surface area (Å²) in [6.45, 7) is 4.14. The highest BCUT2D eigenvalue weighted by atomic mass is 16.5. The number of aromatic hydroxyl groups is 4. The van der Waals surface area contributed by atoms with E-state index in [1.54, 1.807) is 24.3 Å². The van der Waals surface area contributed by atoms with Crippen molar-refractivity contribution in [3.63, 3.8) is 0 Å². The van der Waals surface area contributed by atoms with E-state index in [2.05, 4.69) is 64.3 Å². The summed E-state index contributed by atoms with van der Waals surface area (Å²) in [5.74, 6) is 0.161. The summed E-state index contributed by atoms with van der Waals surface area (Å²) in [5, 5.41) is 70.4. The van der Waals surface area contributed by atoms with Crippen LogP contribution in [-0.4, -0.2) is 75.8 Å². The van der Waals surface area contributed by atoms with Crippen LogP contribution >= 0.6 is 0 Å². The molecule has 2 aliphatic carbocycles. The number of hydrogen-bond donors (Lipinski definition) is 9. The van der Waals surface area contributed by atoms with E-state index < -0.39 is 23.4 Å². The second-order valence-corrected chi connectivity index (χ2v) is 21.1. The minimum atomic E-state index is -1.05. The number of allylic oxidation sites excluding steroid dienone is 3. The number of phenolic OH excluding ortho intramolecular Hbond substituents is 4. The number of hydrogen-bond acceptors (Lipinski definition) is 11. The maximum Gasteiger partial charge on any atom is 0.200 e. The predicted octanol–water partition coefficient (Wildman–Crippen LogP) is 10.2. The number of anilines is 1. The predicted molar refractivity (Wildman–Crippen MR) is 277 cm³/mol. The molecular formula is C59H70N4O8. The van der Waals surface area contributed by atoms with Crippen molar-refractivity contribution in [3.8, 4) is 34.5 Å². The van der Waals surface area contributed by atoms with E-state index in [0.717, 1.165) is 88.8 Å². The summed E-state index contributed by atoms with van der Waals surface area (Å²) in [7, 11) is 1.92. The number of aliphatic hydroxyl groups excluding tert-OH is 1. The van der Waals surface area contributed by atoms with E-state index in [1.165, 1.54) is 0 Å². The summed E-state index contributed by atoms with van der Waals surface area (Å²) < 4.78 is 12.4. The average molecular weight is 963 g/mol. The number of carbonyl (C=O) groups excluding carboxylic acids is 1. The van der Waals surface area contributed by atoms with Crippen LogP contribution in [0.5, 0.6) is 34.5 Å². The SMILES string of the molecule is CNCC1CC(c2cc(O)c(O)c(OCC3C=CCC(C)C3)c2)CC(=O)C(C(O)CCc2ccc(O)c3c2CCCO3)C2(CCCC2Cc2ccc[nH]2)C2=CCNC(=C2)Nc2ccc3cc(O)ccc3c21. The molecule has 0 amide bonds. The lowest BCUT2D eigenvalue weighted by molar-refractivity contribution is -0.134. The minimum Gasteiger partial charge on any atom is -0.508 e. The first kappa shape index (κ1) is 48.3. The lowest BCUT2D eigenvalue weighted by Crippen LogP contribution is -2.48. The van der Waals surface area contributed by atoms with Crippen LogP contribution in [0.25, 0.3) is 10.8 Å². The Morgan fingerprint density at radius 2 is 1.89 bits per heavy atom. The summed E-state index contributed by atoms with van der Waals surface area (Å²) in [5.41, 5.74) is 5.87. The van der Waals surface area contributed by atoms with Gasteiger partial charge in [0.2, 0.25) is 5.75 Å². The quantitative estimate of drug-likeness (QED) is 0.0428. The normalized spacial score (nSPS) is 25.8. The number of ether oxygens (including phenoxy) is 2. The number of aliphatic hydroxyl groups is 1. The molecule has 1 fully saturated rings. The fourth-order valence-electron chi connectivity index (χ4n) is 13.2. The highest BCUT2D eigenvalue weighted by molar-refractivity contribution is 5.92. The number of phenols is 4. The molecule has 5 aliphatic rings. The van der Waals surface area contributed by atoms with Crippen LogP contribution in [0.15, 0.2) is 109 Å². The molecule has 0 radical (unpaired) electrons. The van der Waals surface area contributed by atoms with Crippen molar-refractivity contribution in [3.05, 3.63) is 137 Å². The van der Waals surface area contributed by atoms with Gasteiger partial charge in [0, 0.05) is 54.0 Å². The molecule has 12 nitrogen and oxygen atoms in total.